The van der Waals surface area contributed by atoms with Crippen LogP contribution < -0.4 is 9.47 Å². The first-order valence-corrected chi connectivity index (χ1v) is 9.41. The van der Waals surface area contributed by atoms with Crippen LogP contribution in [0, 0.1) is 0 Å². The largest absolute Gasteiger partial charge is 0.493 e. The van der Waals surface area contributed by atoms with Gasteiger partial charge in [0, 0.05) is 5.56 Å². The van der Waals surface area contributed by atoms with Crippen LogP contribution in [0.5, 0.6) is 11.5 Å². The highest BCUT2D eigenvalue weighted by atomic mass is 32.1. The lowest BCUT2D eigenvalue weighted by atomic mass is 10.1. The normalized spacial score (nSPS) is 11.8. The number of aliphatic carboxylic acids is 1. The summed E-state index contributed by atoms with van der Waals surface area (Å²) in [5, 5.41) is 10.1. The molecule has 0 fully saturated rings. The van der Waals surface area contributed by atoms with Gasteiger partial charge >= 0.3 is 5.97 Å². The first-order chi connectivity index (χ1) is 13.0. The molecule has 3 rings (SSSR count). The first-order valence-electron chi connectivity index (χ1n) is 8.60. The molecule has 2 aromatic carbocycles. The molecule has 27 heavy (non-hydrogen) atoms. The Morgan fingerprint density at radius 1 is 1.22 bits per heavy atom. The molecule has 3 aromatic rings. The van der Waals surface area contributed by atoms with Crippen molar-refractivity contribution in [1.82, 2.24) is 4.98 Å². The monoisotopic (exact) mass is 383 g/mol. The highest BCUT2D eigenvalue weighted by Gasteiger charge is 2.16. The lowest BCUT2D eigenvalue weighted by molar-refractivity contribution is -0.135. The average molecular weight is 383 g/mol. The summed E-state index contributed by atoms with van der Waals surface area (Å²) in [5.74, 6) is 0.296. The number of aromatic nitrogens is 1. The lowest BCUT2D eigenvalue weighted by Gasteiger charge is -2.16. The summed E-state index contributed by atoms with van der Waals surface area (Å²) in [6.45, 7) is 3.87. The van der Waals surface area contributed by atoms with E-state index in [2.05, 4.69) is 4.98 Å². The van der Waals surface area contributed by atoms with Gasteiger partial charge in [0.15, 0.2) is 11.5 Å². The van der Waals surface area contributed by atoms with E-state index in [9.17, 15) is 9.90 Å². The second-order valence-electron chi connectivity index (χ2n) is 6.27. The smallest absolute Gasteiger partial charge is 0.307 e. The number of thiazole rings is 1. The zero-order valence-corrected chi connectivity index (χ0v) is 16.2. The Balaban J connectivity index is 2.12. The minimum absolute atomic E-state index is 0.0428. The van der Waals surface area contributed by atoms with Crippen molar-refractivity contribution in [1.29, 1.82) is 0 Å². The Kier molecular flexibility index (Phi) is 5.76. The third-order valence-corrected chi connectivity index (χ3v) is 4.93. The molecule has 0 saturated carbocycles. The molecular weight excluding hydrogens is 362 g/mol. The predicted molar refractivity (Wildman–Crippen MR) is 109 cm³/mol. The average Bonchev–Trinajstić information content (AvgIpc) is 3.06. The molecule has 0 spiro atoms. The van der Waals surface area contributed by atoms with E-state index in [4.69, 9.17) is 9.47 Å². The summed E-state index contributed by atoms with van der Waals surface area (Å²) >= 11 is 1.48. The molecule has 1 aromatic heterocycles. The van der Waals surface area contributed by atoms with Crippen LogP contribution in [0.25, 0.3) is 21.9 Å². The van der Waals surface area contributed by atoms with Gasteiger partial charge in [-0.3, -0.25) is 4.79 Å². The maximum atomic E-state index is 11.5. The van der Waals surface area contributed by atoms with Crippen molar-refractivity contribution in [2.75, 3.05) is 7.11 Å². The van der Waals surface area contributed by atoms with E-state index in [0.29, 0.717) is 22.1 Å². The Morgan fingerprint density at radius 3 is 2.67 bits per heavy atom. The molecule has 0 bridgehead atoms. The lowest BCUT2D eigenvalue weighted by Crippen LogP contribution is -2.08. The van der Waals surface area contributed by atoms with Crippen molar-refractivity contribution in [3.63, 3.8) is 0 Å². The Morgan fingerprint density at radius 2 is 2.00 bits per heavy atom. The van der Waals surface area contributed by atoms with Crippen molar-refractivity contribution in [2.24, 2.45) is 0 Å². The molecule has 0 aliphatic carbocycles. The minimum atomic E-state index is -0.908. The maximum Gasteiger partial charge on any atom is 0.307 e. The summed E-state index contributed by atoms with van der Waals surface area (Å²) in [6.07, 6.45) is 1.66. The summed E-state index contributed by atoms with van der Waals surface area (Å²) in [6, 6.07) is 13.3. The van der Waals surface area contributed by atoms with Crippen molar-refractivity contribution in [2.45, 2.75) is 26.4 Å². The molecule has 1 heterocycles. The van der Waals surface area contributed by atoms with Gasteiger partial charge in [-0.25, -0.2) is 4.98 Å². The Labute approximate surface area is 161 Å². The van der Waals surface area contributed by atoms with Crippen molar-refractivity contribution in [3.8, 4) is 11.5 Å². The zero-order valence-electron chi connectivity index (χ0n) is 15.4. The van der Waals surface area contributed by atoms with E-state index in [1.54, 1.807) is 7.11 Å². The van der Waals surface area contributed by atoms with Crippen LogP contribution >= 0.6 is 11.3 Å². The van der Waals surface area contributed by atoms with Crippen LogP contribution in [0.4, 0.5) is 0 Å². The number of hydrogen-bond acceptors (Lipinski definition) is 5. The molecule has 0 atom stereocenters. The summed E-state index contributed by atoms with van der Waals surface area (Å²) in [7, 11) is 1.59. The topological polar surface area (TPSA) is 68.7 Å². The van der Waals surface area contributed by atoms with Crippen molar-refractivity contribution in [3.05, 3.63) is 53.0 Å². The van der Waals surface area contributed by atoms with E-state index < -0.39 is 5.97 Å². The highest BCUT2D eigenvalue weighted by molar-refractivity contribution is 7.19. The number of rotatable bonds is 7. The van der Waals surface area contributed by atoms with Gasteiger partial charge in [0.05, 0.1) is 29.9 Å². The molecule has 1 N–H and O–H groups in total. The molecule has 5 nitrogen and oxygen atoms in total. The fourth-order valence-corrected chi connectivity index (χ4v) is 3.70. The van der Waals surface area contributed by atoms with E-state index in [0.717, 1.165) is 15.8 Å². The molecule has 0 radical (unpaired) electrons. The quantitative estimate of drug-likeness (QED) is 0.614. The third kappa shape index (κ3) is 4.46. The van der Waals surface area contributed by atoms with Crippen LogP contribution in [0.2, 0.25) is 0 Å². The van der Waals surface area contributed by atoms with E-state index in [-0.39, 0.29) is 12.5 Å². The molecule has 140 valence electrons. The number of para-hydroxylation sites is 2. The van der Waals surface area contributed by atoms with Crippen molar-refractivity contribution < 1.29 is 19.4 Å². The van der Waals surface area contributed by atoms with E-state index in [1.807, 2.05) is 62.4 Å². The standard InChI is InChI=1S/C21H21NO4S/c1-13(2)26-20-14(7-6-9-17(20)25-3)11-15(12-19(23)24)21-22-16-8-4-5-10-18(16)27-21/h4-11,13H,12H2,1-3H3,(H,23,24)/b15-11+. The molecule has 6 heteroatoms. The fraction of sp³-hybridized carbons (Fsp3) is 0.238. The summed E-state index contributed by atoms with van der Waals surface area (Å²) in [5.41, 5.74) is 2.25. The number of carboxylic acid groups (broad SMARTS) is 1. The van der Waals surface area contributed by atoms with Gasteiger partial charge in [-0.1, -0.05) is 24.3 Å². The molecule has 0 saturated heterocycles. The number of fused-ring (bicyclic) bond motifs is 1. The van der Waals surface area contributed by atoms with Crippen LogP contribution in [-0.2, 0) is 4.79 Å². The number of benzene rings is 2. The molecule has 0 aliphatic heterocycles. The number of hydrogen-bond donors (Lipinski definition) is 1. The van der Waals surface area contributed by atoms with Gasteiger partial charge in [-0.2, -0.15) is 0 Å². The summed E-state index contributed by atoms with van der Waals surface area (Å²) in [4.78, 5) is 16.1. The van der Waals surface area contributed by atoms with E-state index >= 15 is 0 Å². The number of carbonyl (C=O) groups is 1. The van der Waals surface area contributed by atoms with Gasteiger partial charge in [-0.15, -0.1) is 11.3 Å². The maximum absolute atomic E-state index is 11.5. The van der Waals surface area contributed by atoms with E-state index in [1.165, 1.54) is 11.3 Å². The second kappa shape index (κ2) is 8.22. The molecule has 0 unspecified atom stereocenters. The van der Waals surface area contributed by atoms with Crippen LogP contribution in [-0.4, -0.2) is 29.3 Å². The molecular formula is C21H21NO4S. The van der Waals surface area contributed by atoms with Crippen LogP contribution in [0.15, 0.2) is 42.5 Å². The van der Waals surface area contributed by atoms with Gasteiger partial charge in [0.1, 0.15) is 5.01 Å². The number of methoxy groups -OCH3 is 1. The molecule has 0 aliphatic rings. The number of carboxylic acids is 1. The first kappa shape index (κ1) is 18.9. The van der Waals surface area contributed by atoms with Gasteiger partial charge < -0.3 is 14.6 Å². The van der Waals surface area contributed by atoms with Crippen LogP contribution in [0.3, 0.4) is 0 Å². The predicted octanol–water partition coefficient (Wildman–Crippen LogP) is 5.11. The number of ether oxygens (including phenoxy) is 2. The Bertz CT molecular complexity index is 958. The highest BCUT2D eigenvalue weighted by Crippen LogP contribution is 2.36. The minimum Gasteiger partial charge on any atom is -0.493 e. The summed E-state index contributed by atoms with van der Waals surface area (Å²) < 4.78 is 12.4. The van der Waals surface area contributed by atoms with Gasteiger partial charge in [-0.05, 0) is 43.7 Å². The Hall–Kier alpha value is -2.86. The third-order valence-electron chi connectivity index (χ3n) is 3.82. The van der Waals surface area contributed by atoms with Gasteiger partial charge in [0.25, 0.3) is 0 Å². The molecule has 0 amide bonds. The zero-order chi connectivity index (χ0) is 19.4. The van der Waals surface area contributed by atoms with Crippen LogP contribution in [0.1, 0.15) is 30.8 Å². The second-order valence-corrected chi connectivity index (χ2v) is 7.30. The number of nitrogens with zero attached hydrogens (tertiary/aromatic N) is 1. The van der Waals surface area contributed by atoms with Gasteiger partial charge in [0.2, 0.25) is 0 Å². The SMILES string of the molecule is COc1cccc(/C=C(\CC(=O)O)c2nc3ccccc3s2)c1OC(C)C. The fourth-order valence-electron chi connectivity index (χ4n) is 2.72. The van der Waals surface area contributed by atoms with Crippen molar-refractivity contribution >= 4 is 39.2 Å².